The van der Waals surface area contributed by atoms with Gasteiger partial charge in [0.2, 0.25) is 0 Å². The molecule has 5 heteroatoms. The summed E-state index contributed by atoms with van der Waals surface area (Å²) in [5, 5.41) is 3.17. The third kappa shape index (κ3) is 4.44. The van der Waals surface area contributed by atoms with E-state index in [0.29, 0.717) is 12.0 Å². The summed E-state index contributed by atoms with van der Waals surface area (Å²) in [5.74, 6) is 0. The summed E-state index contributed by atoms with van der Waals surface area (Å²) in [6.07, 6.45) is -3.78. The molecule has 0 aliphatic heterocycles. The second-order valence-corrected chi connectivity index (χ2v) is 6.04. The molecule has 0 amide bonds. The summed E-state index contributed by atoms with van der Waals surface area (Å²) in [6, 6.07) is 13.5. The minimum Gasteiger partial charge on any atom is -0.313 e. The highest BCUT2D eigenvalue weighted by Gasteiger charge is 2.30. The number of hydrogen-bond acceptors (Lipinski definition) is 1. The Kier molecular flexibility index (Phi) is 5.27. The van der Waals surface area contributed by atoms with Gasteiger partial charge in [-0.2, -0.15) is 13.2 Å². The Hall–Kier alpha value is -1.08. The molecule has 21 heavy (non-hydrogen) atoms. The second-order valence-electron chi connectivity index (χ2n) is 4.80. The van der Waals surface area contributed by atoms with Crippen LogP contribution in [0.3, 0.4) is 0 Å². The van der Waals surface area contributed by atoms with Crippen molar-refractivity contribution in [2.75, 3.05) is 7.05 Å². The van der Waals surface area contributed by atoms with Crippen molar-refractivity contribution in [2.45, 2.75) is 18.6 Å². The van der Waals surface area contributed by atoms with Gasteiger partial charge in [-0.1, -0.05) is 30.3 Å². The van der Waals surface area contributed by atoms with E-state index >= 15 is 0 Å². The number of likely N-dealkylation sites (N-methyl/N-ethyl adjacent to an activating group) is 1. The Morgan fingerprint density at radius 1 is 1.10 bits per heavy atom. The van der Waals surface area contributed by atoms with Gasteiger partial charge >= 0.3 is 6.18 Å². The summed E-state index contributed by atoms with van der Waals surface area (Å²) in [7, 11) is 1.82. The van der Waals surface area contributed by atoms with E-state index in [1.165, 1.54) is 12.1 Å². The molecule has 1 nitrogen and oxygen atoms in total. The number of halogens is 4. The zero-order valence-corrected chi connectivity index (χ0v) is 13.6. The van der Waals surface area contributed by atoms with Gasteiger partial charge in [-0.25, -0.2) is 0 Å². The molecule has 2 aromatic rings. The first-order valence-electron chi connectivity index (χ1n) is 6.49. The third-order valence-corrected chi connectivity index (χ3v) is 3.96. The maximum Gasteiger partial charge on any atom is 0.416 e. The van der Waals surface area contributed by atoms with Crippen molar-refractivity contribution >= 4 is 22.6 Å². The second kappa shape index (κ2) is 6.79. The highest BCUT2D eigenvalue weighted by Crippen LogP contribution is 2.30. The molecule has 1 atom stereocenters. The van der Waals surface area contributed by atoms with E-state index < -0.39 is 11.7 Å². The van der Waals surface area contributed by atoms with Gasteiger partial charge < -0.3 is 5.32 Å². The van der Waals surface area contributed by atoms with E-state index in [1.54, 1.807) is 6.07 Å². The first kappa shape index (κ1) is 16.3. The molecule has 0 radical (unpaired) electrons. The Balaban J connectivity index is 2.23. The van der Waals surface area contributed by atoms with Crippen LogP contribution in [0.5, 0.6) is 0 Å². The molecule has 0 saturated heterocycles. The quantitative estimate of drug-likeness (QED) is 0.720. The van der Waals surface area contributed by atoms with Crippen molar-refractivity contribution in [1.29, 1.82) is 0 Å². The van der Waals surface area contributed by atoms with Crippen molar-refractivity contribution in [1.82, 2.24) is 5.32 Å². The van der Waals surface area contributed by atoms with Crippen molar-refractivity contribution in [2.24, 2.45) is 0 Å². The van der Waals surface area contributed by atoms with Gasteiger partial charge in [0.15, 0.2) is 0 Å². The van der Waals surface area contributed by atoms with Crippen LogP contribution in [0.15, 0.2) is 48.5 Å². The molecule has 0 fully saturated rings. The number of benzene rings is 2. The zero-order chi connectivity index (χ0) is 15.5. The lowest BCUT2D eigenvalue weighted by Crippen LogP contribution is -2.19. The van der Waals surface area contributed by atoms with Crippen LogP contribution in [0.1, 0.15) is 22.7 Å². The maximum atomic E-state index is 12.7. The van der Waals surface area contributed by atoms with Gasteiger partial charge in [0.25, 0.3) is 0 Å². The van der Waals surface area contributed by atoms with Gasteiger partial charge in [0.1, 0.15) is 0 Å². The van der Waals surface area contributed by atoms with Gasteiger partial charge in [-0.15, -0.1) is 0 Å². The first-order chi connectivity index (χ1) is 9.90. The highest BCUT2D eigenvalue weighted by molar-refractivity contribution is 14.1. The molecule has 112 valence electrons. The first-order valence-corrected chi connectivity index (χ1v) is 7.57. The summed E-state index contributed by atoms with van der Waals surface area (Å²) in [4.78, 5) is 0. The van der Waals surface area contributed by atoms with Crippen LogP contribution in [0.2, 0.25) is 0 Å². The van der Waals surface area contributed by atoms with Crippen LogP contribution in [-0.4, -0.2) is 7.05 Å². The average molecular weight is 405 g/mol. The molecule has 2 rings (SSSR count). The van der Waals surface area contributed by atoms with Crippen LogP contribution in [0.25, 0.3) is 0 Å². The topological polar surface area (TPSA) is 12.0 Å². The Bertz CT molecular complexity index is 610. The van der Waals surface area contributed by atoms with E-state index in [2.05, 4.69) is 27.9 Å². The number of rotatable bonds is 4. The molecule has 0 aromatic heterocycles. The molecule has 0 aliphatic rings. The van der Waals surface area contributed by atoms with E-state index in [9.17, 15) is 13.2 Å². The Morgan fingerprint density at radius 2 is 1.81 bits per heavy atom. The van der Waals surface area contributed by atoms with Crippen molar-refractivity contribution in [3.05, 3.63) is 68.8 Å². The lowest BCUT2D eigenvalue weighted by atomic mass is 9.98. The zero-order valence-electron chi connectivity index (χ0n) is 11.4. The lowest BCUT2D eigenvalue weighted by molar-refractivity contribution is -0.137. The highest BCUT2D eigenvalue weighted by atomic mass is 127. The van der Waals surface area contributed by atoms with E-state index in [-0.39, 0.29) is 6.04 Å². The summed E-state index contributed by atoms with van der Waals surface area (Å²) in [5.41, 5.74) is 1.14. The molecular weight excluding hydrogens is 390 g/mol. The van der Waals surface area contributed by atoms with E-state index in [1.807, 2.05) is 31.3 Å². The number of alkyl halides is 3. The van der Waals surface area contributed by atoms with Gasteiger partial charge in [0.05, 0.1) is 5.56 Å². The summed E-state index contributed by atoms with van der Waals surface area (Å²) >= 11 is 2.23. The largest absolute Gasteiger partial charge is 0.416 e. The van der Waals surface area contributed by atoms with Gasteiger partial charge in [-0.3, -0.25) is 0 Å². The Morgan fingerprint density at radius 3 is 2.43 bits per heavy atom. The normalized spacial score (nSPS) is 13.2. The fourth-order valence-corrected chi connectivity index (χ4v) is 2.79. The van der Waals surface area contributed by atoms with Crippen molar-refractivity contribution in [3.8, 4) is 0 Å². The monoisotopic (exact) mass is 405 g/mol. The molecule has 1 N–H and O–H groups in total. The number of hydrogen-bond donors (Lipinski definition) is 1. The molecule has 0 heterocycles. The fourth-order valence-electron chi connectivity index (χ4n) is 2.22. The fraction of sp³-hybridized carbons (Fsp3) is 0.250. The van der Waals surface area contributed by atoms with E-state index in [0.717, 1.165) is 15.2 Å². The van der Waals surface area contributed by atoms with E-state index in [4.69, 9.17) is 0 Å². The van der Waals surface area contributed by atoms with Crippen molar-refractivity contribution < 1.29 is 13.2 Å². The Labute approximate surface area is 135 Å². The molecule has 0 saturated carbocycles. The van der Waals surface area contributed by atoms with Crippen LogP contribution in [0, 0.1) is 3.57 Å². The molecule has 0 bridgehead atoms. The van der Waals surface area contributed by atoms with Crippen LogP contribution in [0.4, 0.5) is 13.2 Å². The molecule has 2 aromatic carbocycles. The summed E-state index contributed by atoms with van der Waals surface area (Å²) < 4.78 is 39.3. The maximum absolute atomic E-state index is 12.7. The predicted octanol–water partition coefficient (Wildman–Crippen LogP) is 4.81. The molecule has 0 spiro atoms. The van der Waals surface area contributed by atoms with Gasteiger partial charge in [-0.05, 0) is 65.4 Å². The molecule has 0 aliphatic carbocycles. The number of nitrogens with one attached hydrogen (secondary N) is 1. The van der Waals surface area contributed by atoms with Crippen LogP contribution in [-0.2, 0) is 12.6 Å². The smallest absolute Gasteiger partial charge is 0.313 e. The predicted molar refractivity (Wildman–Crippen MR) is 86.1 cm³/mol. The summed E-state index contributed by atoms with van der Waals surface area (Å²) in [6.45, 7) is 0. The SMILES string of the molecule is CNC(Cc1cccc(C(F)(F)F)c1)c1cccc(I)c1. The molecular formula is C16H15F3IN. The average Bonchev–Trinajstić information content (AvgIpc) is 2.44. The standard InChI is InChI=1S/C16H15F3IN/c1-21-15(12-5-3-7-14(20)10-12)9-11-4-2-6-13(8-11)16(17,18)19/h2-8,10,15,21H,9H2,1H3. The molecule has 1 unspecified atom stereocenters. The minimum atomic E-state index is -4.30. The van der Waals surface area contributed by atoms with Crippen molar-refractivity contribution in [3.63, 3.8) is 0 Å². The third-order valence-electron chi connectivity index (χ3n) is 3.29. The van der Waals surface area contributed by atoms with Gasteiger partial charge in [0, 0.05) is 9.61 Å². The lowest BCUT2D eigenvalue weighted by Gasteiger charge is -2.18. The minimum absolute atomic E-state index is 0.0109. The van der Waals surface area contributed by atoms with Crippen LogP contribution >= 0.6 is 22.6 Å². The van der Waals surface area contributed by atoms with Crippen LogP contribution < -0.4 is 5.32 Å².